The maximum atomic E-state index is 11.7. The first-order valence-corrected chi connectivity index (χ1v) is 6.60. The van der Waals surface area contributed by atoms with Gasteiger partial charge in [-0.2, -0.15) is 5.10 Å². The molecule has 0 aliphatic heterocycles. The Hall–Kier alpha value is -1.55. The van der Waals surface area contributed by atoms with Crippen molar-refractivity contribution in [3.8, 4) is 5.75 Å². The molecule has 1 unspecified atom stereocenters. The number of ether oxygens (including phenoxy) is 1. The highest BCUT2D eigenvalue weighted by atomic mass is 35.5. The van der Waals surface area contributed by atoms with Crippen LogP contribution in [0.1, 0.15) is 27.2 Å². The summed E-state index contributed by atoms with van der Waals surface area (Å²) in [6.07, 6.45) is 1.90. The van der Waals surface area contributed by atoms with Crippen LogP contribution in [0.25, 0.3) is 0 Å². The molecule has 5 heteroatoms. The predicted octanol–water partition coefficient (Wildman–Crippen LogP) is 3.26. The summed E-state index contributed by atoms with van der Waals surface area (Å²) in [7, 11) is 0. The molecule has 1 atom stereocenters. The molecular weight excluding hydrogens is 264 g/mol. The van der Waals surface area contributed by atoms with Gasteiger partial charge < -0.3 is 4.74 Å². The topological polar surface area (TPSA) is 50.7 Å². The van der Waals surface area contributed by atoms with Crippen molar-refractivity contribution in [1.82, 2.24) is 5.43 Å². The highest BCUT2D eigenvalue weighted by molar-refractivity contribution is 6.30. The van der Waals surface area contributed by atoms with Gasteiger partial charge in [-0.25, -0.2) is 5.43 Å². The Kier molecular flexibility index (Phi) is 6.36. The first kappa shape index (κ1) is 15.5. The molecule has 0 aromatic heterocycles. The average Bonchev–Trinajstić information content (AvgIpc) is 2.36. The SMILES string of the molecule is CC(C)CC=NNC(=O)C(C)Oc1ccc(Cl)cc1. The van der Waals surface area contributed by atoms with Gasteiger partial charge in [-0.05, 0) is 43.5 Å². The zero-order valence-corrected chi connectivity index (χ0v) is 12.1. The first-order chi connectivity index (χ1) is 8.99. The van der Waals surface area contributed by atoms with E-state index in [2.05, 4.69) is 24.4 Å². The molecule has 1 aromatic carbocycles. The maximum Gasteiger partial charge on any atom is 0.280 e. The third-order valence-corrected chi connectivity index (χ3v) is 2.59. The van der Waals surface area contributed by atoms with Crippen LogP contribution in [0.15, 0.2) is 29.4 Å². The van der Waals surface area contributed by atoms with Crippen LogP contribution in [-0.2, 0) is 4.79 Å². The van der Waals surface area contributed by atoms with Crippen LogP contribution in [0.4, 0.5) is 0 Å². The van der Waals surface area contributed by atoms with Crippen LogP contribution in [0.2, 0.25) is 5.02 Å². The third-order valence-electron chi connectivity index (χ3n) is 2.34. The van der Waals surface area contributed by atoms with Gasteiger partial charge in [0.1, 0.15) is 5.75 Å². The van der Waals surface area contributed by atoms with Gasteiger partial charge in [-0.3, -0.25) is 4.79 Å². The minimum Gasteiger partial charge on any atom is -0.481 e. The Morgan fingerprint density at radius 1 is 1.37 bits per heavy atom. The van der Waals surface area contributed by atoms with E-state index in [0.717, 1.165) is 6.42 Å². The molecule has 0 fully saturated rings. The fourth-order valence-corrected chi connectivity index (χ4v) is 1.36. The van der Waals surface area contributed by atoms with Crippen LogP contribution in [0, 0.1) is 5.92 Å². The van der Waals surface area contributed by atoms with Gasteiger partial charge in [-0.1, -0.05) is 25.4 Å². The Bertz CT molecular complexity index is 430. The zero-order chi connectivity index (χ0) is 14.3. The Morgan fingerprint density at radius 3 is 2.58 bits per heavy atom. The summed E-state index contributed by atoms with van der Waals surface area (Å²) in [4.78, 5) is 11.7. The molecule has 0 aliphatic carbocycles. The number of rotatable bonds is 6. The number of amides is 1. The van der Waals surface area contributed by atoms with Crippen molar-refractivity contribution in [2.24, 2.45) is 11.0 Å². The van der Waals surface area contributed by atoms with E-state index in [1.807, 2.05) is 0 Å². The largest absolute Gasteiger partial charge is 0.481 e. The van der Waals surface area contributed by atoms with Gasteiger partial charge in [0.15, 0.2) is 6.10 Å². The smallest absolute Gasteiger partial charge is 0.280 e. The summed E-state index contributed by atoms with van der Waals surface area (Å²) in [5.41, 5.74) is 2.45. The molecule has 1 N–H and O–H groups in total. The molecule has 4 nitrogen and oxygen atoms in total. The summed E-state index contributed by atoms with van der Waals surface area (Å²) >= 11 is 5.77. The van der Waals surface area contributed by atoms with E-state index in [9.17, 15) is 4.79 Å². The zero-order valence-electron chi connectivity index (χ0n) is 11.4. The molecule has 1 aromatic rings. The van der Waals surface area contributed by atoms with Crippen LogP contribution >= 0.6 is 11.6 Å². The lowest BCUT2D eigenvalue weighted by Crippen LogP contribution is -2.33. The highest BCUT2D eigenvalue weighted by Crippen LogP contribution is 2.16. The second kappa shape index (κ2) is 7.79. The number of halogens is 1. The van der Waals surface area contributed by atoms with E-state index in [-0.39, 0.29) is 5.91 Å². The first-order valence-electron chi connectivity index (χ1n) is 6.22. The minimum atomic E-state index is -0.614. The second-order valence-corrected chi connectivity index (χ2v) is 5.07. The number of hydrogen-bond donors (Lipinski definition) is 1. The van der Waals surface area contributed by atoms with Crippen LogP contribution < -0.4 is 10.2 Å². The molecule has 0 bridgehead atoms. The van der Waals surface area contributed by atoms with E-state index in [1.165, 1.54) is 0 Å². The summed E-state index contributed by atoms with van der Waals surface area (Å²) in [6.45, 7) is 5.84. The number of carbonyl (C=O) groups excluding carboxylic acids is 1. The number of benzene rings is 1. The normalized spacial score (nSPS) is 12.7. The summed E-state index contributed by atoms with van der Waals surface area (Å²) in [6, 6.07) is 6.85. The molecular formula is C14H19ClN2O2. The number of hydrazone groups is 1. The highest BCUT2D eigenvalue weighted by Gasteiger charge is 2.13. The Labute approximate surface area is 118 Å². The van der Waals surface area contributed by atoms with E-state index in [1.54, 1.807) is 37.4 Å². The van der Waals surface area contributed by atoms with Crippen molar-refractivity contribution < 1.29 is 9.53 Å². The summed E-state index contributed by atoms with van der Waals surface area (Å²) in [5, 5.41) is 4.49. The van der Waals surface area contributed by atoms with Crippen LogP contribution in [0.5, 0.6) is 5.75 Å². The van der Waals surface area contributed by atoms with Gasteiger partial charge >= 0.3 is 0 Å². The van der Waals surface area contributed by atoms with Gasteiger partial charge in [-0.15, -0.1) is 0 Å². The molecule has 0 heterocycles. The monoisotopic (exact) mass is 282 g/mol. The van der Waals surface area contributed by atoms with E-state index in [4.69, 9.17) is 16.3 Å². The van der Waals surface area contributed by atoms with E-state index in [0.29, 0.717) is 16.7 Å². The number of hydrogen-bond acceptors (Lipinski definition) is 3. The number of nitrogens with zero attached hydrogens (tertiary/aromatic N) is 1. The van der Waals surface area contributed by atoms with E-state index < -0.39 is 6.10 Å². The fraction of sp³-hybridized carbons (Fsp3) is 0.429. The van der Waals surface area contributed by atoms with Gasteiger partial charge in [0.2, 0.25) is 0 Å². The summed E-state index contributed by atoms with van der Waals surface area (Å²) in [5.74, 6) is 0.830. The van der Waals surface area contributed by atoms with Gasteiger partial charge in [0.05, 0.1) is 0 Å². The molecule has 104 valence electrons. The van der Waals surface area contributed by atoms with Crippen molar-refractivity contribution in [3.05, 3.63) is 29.3 Å². The van der Waals surface area contributed by atoms with Crippen molar-refractivity contribution in [2.75, 3.05) is 0 Å². The Balaban J connectivity index is 2.40. The molecule has 19 heavy (non-hydrogen) atoms. The lowest BCUT2D eigenvalue weighted by molar-refractivity contribution is -0.127. The van der Waals surface area contributed by atoms with Gasteiger partial charge in [0, 0.05) is 11.2 Å². The van der Waals surface area contributed by atoms with Crippen LogP contribution in [-0.4, -0.2) is 18.2 Å². The molecule has 1 rings (SSSR count). The second-order valence-electron chi connectivity index (χ2n) is 4.63. The molecule has 0 saturated carbocycles. The van der Waals surface area contributed by atoms with Crippen LogP contribution in [0.3, 0.4) is 0 Å². The molecule has 0 spiro atoms. The maximum absolute atomic E-state index is 11.7. The van der Waals surface area contributed by atoms with Crippen molar-refractivity contribution in [2.45, 2.75) is 33.3 Å². The molecule has 1 amide bonds. The quantitative estimate of drug-likeness (QED) is 0.643. The van der Waals surface area contributed by atoms with E-state index >= 15 is 0 Å². The minimum absolute atomic E-state index is 0.282. The summed E-state index contributed by atoms with van der Waals surface area (Å²) < 4.78 is 5.46. The molecule has 0 aliphatic rings. The standard InChI is InChI=1S/C14H19ClN2O2/c1-10(2)8-9-16-17-14(18)11(3)19-13-6-4-12(15)5-7-13/h4-7,9-11H,8H2,1-3H3,(H,17,18). The molecule has 0 saturated heterocycles. The average molecular weight is 283 g/mol. The fourth-order valence-electron chi connectivity index (χ4n) is 1.23. The van der Waals surface area contributed by atoms with Crippen molar-refractivity contribution in [1.29, 1.82) is 0 Å². The molecule has 0 radical (unpaired) electrons. The predicted molar refractivity (Wildman–Crippen MR) is 77.6 cm³/mol. The number of carbonyl (C=O) groups is 1. The van der Waals surface area contributed by atoms with Crippen molar-refractivity contribution in [3.63, 3.8) is 0 Å². The van der Waals surface area contributed by atoms with Gasteiger partial charge in [0.25, 0.3) is 5.91 Å². The Morgan fingerprint density at radius 2 is 2.00 bits per heavy atom. The third kappa shape index (κ3) is 6.25. The van der Waals surface area contributed by atoms with Crippen molar-refractivity contribution >= 4 is 23.7 Å². The lowest BCUT2D eigenvalue weighted by atomic mass is 10.2. The number of nitrogens with one attached hydrogen (secondary N) is 1. The lowest BCUT2D eigenvalue weighted by Gasteiger charge is -2.12.